The first-order chi connectivity index (χ1) is 18.3. The fraction of sp³-hybridized carbons (Fsp3) is 0.310. The first-order valence-electron chi connectivity index (χ1n) is 12.7. The zero-order chi connectivity index (χ0) is 27.2. The molecule has 9 heteroatoms. The van der Waals surface area contributed by atoms with Crippen LogP contribution in [0.25, 0.3) is 27.4 Å². The highest BCUT2D eigenvalue weighted by Gasteiger charge is 2.27. The SMILES string of the molecule is CCOC(=O)CNC(=O)N(CCN(C)C)C(C)c1nc2ccccc2c(=O)n1-c1ccc2ccccc2c1. The molecule has 1 N–H and O–H groups in total. The Kier molecular flexibility index (Phi) is 8.38. The number of para-hydroxylation sites is 1. The fourth-order valence-corrected chi connectivity index (χ4v) is 4.38. The van der Waals surface area contributed by atoms with E-state index in [4.69, 9.17) is 9.72 Å². The molecule has 0 saturated carbocycles. The number of carbonyl (C=O) groups is 2. The molecule has 38 heavy (non-hydrogen) atoms. The first kappa shape index (κ1) is 26.8. The van der Waals surface area contributed by atoms with Gasteiger partial charge >= 0.3 is 12.0 Å². The average Bonchev–Trinajstić information content (AvgIpc) is 2.91. The maximum Gasteiger partial charge on any atom is 0.325 e. The Morgan fingerprint density at radius 1 is 1.00 bits per heavy atom. The van der Waals surface area contributed by atoms with E-state index in [1.165, 1.54) is 0 Å². The second kappa shape index (κ2) is 11.9. The Bertz CT molecular complexity index is 1510. The van der Waals surface area contributed by atoms with Crippen LogP contribution in [0, 0.1) is 0 Å². The van der Waals surface area contributed by atoms with Crippen molar-refractivity contribution in [2.75, 3.05) is 40.3 Å². The minimum atomic E-state index is -0.596. The van der Waals surface area contributed by atoms with E-state index in [-0.39, 0.29) is 18.7 Å². The predicted octanol–water partition coefficient (Wildman–Crippen LogP) is 3.74. The molecule has 1 aromatic heterocycles. The van der Waals surface area contributed by atoms with Crippen LogP contribution in [0.1, 0.15) is 25.7 Å². The van der Waals surface area contributed by atoms with Crippen LogP contribution >= 0.6 is 0 Å². The molecular weight excluding hydrogens is 482 g/mol. The molecule has 1 heterocycles. The molecule has 0 aliphatic rings. The van der Waals surface area contributed by atoms with Crippen LogP contribution in [0.4, 0.5) is 4.79 Å². The summed E-state index contributed by atoms with van der Waals surface area (Å²) in [4.78, 5) is 47.5. The molecule has 0 aliphatic carbocycles. The third-order valence-electron chi connectivity index (χ3n) is 6.37. The molecule has 3 aromatic carbocycles. The molecule has 1 atom stereocenters. The topological polar surface area (TPSA) is 96.8 Å². The van der Waals surface area contributed by atoms with Gasteiger partial charge in [-0.2, -0.15) is 0 Å². The van der Waals surface area contributed by atoms with Crippen molar-refractivity contribution in [2.45, 2.75) is 19.9 Å². The molecule has 0 saturated heterocycles. The summed E-state index contributed by atoms with van der Waals surface area (Å²) < 4.78 is 6.54. The average molecular weight is 516 g/mol. The van der Waals surface area contributed by atoms with E-state index >= 15 is 0 Å². The summed E-state index contributed by atoms with van der Waals surface area (Å²) in [6, 6.07) is 19.9. The summed E-state index contributed by atoms with van der Waals surface area (Å²) in [6.45, 7) is 4.46. The van der Waals surface area contributed by atoms with Crippen molar-refractivity contribution in [1.82, 2.24) is 24.7 Å². The number of hydrogen-bond donors (Lipinski definition) is 1. The Balaban J connectivity index is 1.83. The number of benzene rings is 3. The number of rotatable bonds is 9. The molecule has 0 bridgehead atoms. The van der Waals surface area contributed by atoms with Crippen molar-refractivity contribution in [3.8, 4) is 5.69 Å². The van der Waals surface area contributed by atoms with E-state index in [9.17, 15) is 14.4 Å². The number of carbonyl (C=O) groups excluding carboxylic acids is 2. The lowest BCUT2D eigenvalue weighted by Gasteiger charge is -2.31. The predicted molar refractivity (Wildman–Crippen MR) is 149 cm³/mol. The van der Waals surface area contributed by atoms with Gasteiger partial charge in [-0.05, 0) is 63.0 Å². The number of likely N-dealkylation sites (N-methyl/N-ethyl adjacent to an activating group) is 1. The second-order valence-corrected chi connectivity index (χ2v) is 9.30. The van der Waals surface area contributed by atoms with Gasteiger partial charge in [-0.15, -0.1) is 0 Å². The second-order valence-electron chi connectivity index (χ2n) is 9.30. The normalized spacial score (nSPS) is 12.0. The lowest BCUT2D eigenvalue weighted by molar-refractivity contribution is -0.141. The van der Waals surface area contributed by atoms with Gasteiger partial charge in [-0.25, -0.2) is 9.78 Å². The number of urea groups is 1. The van der Waals surface area contributed by atoms with E-state index in [2.05, 4.69) is 5.32 Å². The van der Waals surface area contributed by atoms with Crippen molar-refractivity contribution >= 4 is 33.7 Å². The van der Waals surface area contributed by atoms with Crippen LogP contribution in [-0.4, -0.2) is 71.7 Å². The summed E-state index contributed by atoms with van der Waals surface area (Å²) in [6.07, 6.45) is 0. The highest BCUT2D eigenvalue weighted by atomic mass is 16.5. The van der Waals surface area contributed by atoms with Gasteiger partial charge in [-0.3, -0.25) is 14.2 Å². The highest BCUT2D eigenvalue weighted by molar-refractivity contribution is 5.85. The maximum absolute atomic E-state index is 13.9. The van der Waals surface area contributed by atoms with Crippen molar-refractivity contribution in [3.63, 3.8) is 0 Å². The van der Waals surface area contributed by atoms with Crippen LogP contribution in [0.15, 0.2) is 71.5 Å². The van der Waals surface area contributed by atoms with Gasteiger partial charge < -0.3 is 19.9 Å². The number of amides is 2. The van der Waals surface area contributed by atoms with Crippen molar-refractivity contribution < 1.29 is 14.3 Å². The summed E-state index contributed by atoms with van der Waals surface area (Å²) in [5, 5.41) is 5.19. The molecule has 198 valence electrons. The van der Waals surface area contributed by atoms with Gasteiger partial charge in [0.1, 0.15) is 12.4 Å². The Morgan fingerprint density at radius 2 is 1.71 bits per heavy atom. The van der Waals surface area contributed by atoms with E-state index in [1.807, 2.05) is 80.5 Å². The third kappa shape index (κ3) is 5.84. The van der Waals surface area contributed by atoms with E-state index in [0.717, 1.165) is 10.8 Å². The number of aromatic nitrogens is 2. The Labute approximate surface area is 221 Å². The van der Waals surface area contributed by atoms with Gasteiger partial charge in [-0.1, -0.05) is 42.5 Å². The monoisotopic (exact) mass is 515 g/mol. The number of ether oxygens (including phenoxy) is 1. The Morgan fingerprint density at radius 3 is 2.45 bits per heavy atom. The van der Waals surface area contributed by atoms with E-state index in [0.29, 0.717) is 35.5 Å². The van der Waals surface area contributed by atoms with E-state index < -0.39 is 18.0 Å². The molecule has 4 aromatic rings. The van der Waals surface area contributed by atoms with E-state index in [1.54, 1.807) is 28.5 Å². The molecule has 0 radical (unpaired) electrons. The minimum Gasteiger partial charge on any atom is -0.465 e. The summed E-state index contributed by atoms with van der Waals surface area (Å²) >= 11 is 0. The summed E-state index contributed by atoms with van der Waals surface area (Å²) in [7, 11) is 3.83. The van der Waals surface area contributed by atoms with Crippen LogP contribution < -0.4 is 10.9 Å². The minimum absolute atomic E-state index is 0.216. The number of esters is 1. The molecule has 1 unspecified atom stereocenters. The van der Waals surface area contributed by atoms with Gasteiger partial charge in [0, 0.05) is 13.1 Å². The first-order valence-corrected chi connectivity index (χ1v) is 12.7. The highest BCUT2D eigenvalue weighted by Crippen LogP contribution is 2.25. The lowest BCUT2D eigenvalue weighted by Crippen LogP contribution is -2.47. The molecule has 4 rings (SSSR count). The van der Waals surface area contributed by atoms with Crippen LogP contribution in [0.3, 0.4) is 0 Å². The van der Waals surface area contributed by atoms with Gasteiger partial charge in [0.2, 0.25) is 0 Å². The molecular formula is C29H33N5O4. The lowest BCUT2D eigenvalue weighted by atomic mass is 10.1. The van der Waals surface area contributed by atoms with Crippen molar-refractivity contribution in [2.24, 2.45) is 0 Å². The van der Waals surface area contributed by atoms with Crippen LogP contribution in [0.2, 0.25) is 0 Å². The zero-order valence-electron chi connectivity index (χ0n) is 22.2. The van der Waals surface area contributed by atoms with Gasteiger partial charge in [0.05, 0.1) is 29.2 Å². The van der Waals surface area contributed by atoms with Crippen LogP contribution in [0.5, 0.6) is 0 Å². The van der Waals surface area contributed by atoms with Crippen molar-refractivity contribution in [3.05, 3.63) is 82.9 Å². The number of nitrogens with zero attached hydrogens (tertiary/aromatic N) is 4. The molecule has 0 spiro atoms. The third-order valence-corrected chi connectivity index (χ3v) is 6.37. The molecule has 0 fully saturated rings. The Hall–Kier alpha value is -4.24. The van der Waals surface area contributed by atoms with Crippen molar-refractivity contribution in [1.29, 1.82) is 0 Å². The molecule has 0 aliphatic heterocycles. The molecule has 9 nitrogen and oxygen atoms in total. The quantitative estimate of drug-likeness (QED) is 0.341. The molecule has 2 amide bonds. The summed E-state index contributed by atoms with van der Waals surface area (Å²) in [5.74, 6) is -0.0908. The van der Waals surface area contributed by atoms with Crippen LogP contribution in [-0.2, 0) is 9.53 Å². The standard InChI is InChI=1S/C29H33N5O4/c1-5-38-26(35)19-30-29(37)33(17-16-32(3)4)20(2)27-31-25-13-9-8-12-24(25)28(36)34(27)23-15-14-21-10-6-7-11-22(21)18-23/h6-15,18,20H,5,16-17,19H2,1-4H3,(H,30,37). The smallest absolute Gasteiger partial charge is 0.325 e. The fourth-order valence-electron chi connectivity index (χ4n) is 4.38. The number of fused-ring (bicyclic) bond motifs is 2. The largest absolute Gasteiger partial charge is 0.465 e. The number of hydrogen-bond acceptors (Lipinski definition) is 6. The van der Waals surface area contributed by atoms with Gasteiger partial charge in [0.25, 0.3) is 5.56 Å². The van der Waals surface area contributed by atoms with Gasteiger partial charge in [0.15, 0.2) is 0 Å². The number of nitrogens with one attached hydrogen (secondary N) is 1. The summed E-state index contributed by atoms with van der Waals surface area (Å²) in [5.41, 5.74) is 0.997. The zero-order valence-corrected chi connectivity index (χ0v) is 22.2. The maximum atomic E-state index is 13.9.